The highest BCUT2D eigenvalue weighted by Gasteiger charge is 2.32. The average molecular weight is 272 g/mol. The van der Waals surface area contributed by atoms with Gasteiger partial charge < -0.3 is 10.2 Å². The van der Waals surface area contributed by atoms with Gasteiger partial charge in [0, 0.05) is 18.8 Å². The monoisotopic (exact) mass is 272 g/mol. The third-order valence-corrected chi connectivity index (χ3v) is 3.50. The van der Waals surface area contributed by atoms with Crippen molar-refractivity contribution in [3.63, 3.8) is 0 Å². The molecule has 19 heavy (non-hydrogen) atoms. The Balaban J connectivity index is 1.93. The van der Waals surface area contributed by atoms with Crippen molar-refractivity contribution in [2.24, 2.45) is 0 Å². The molecule has 0 saturated carbocycles. The standard InChI is InChI=1S/C14H19F3N2/c1-11-4-5-12(10-13(11)14(15,16)17)18-6-9-19-7-2-3-8-19/h4-5,10,18H,2-3,6-9H2,1H3. The smallest absolute Gasteiger partial charge is 0.384 e. The fourth-order valence-corrected chi connectivity index (χ4v) is 2.40. The summed E-state index contributed by atoms with van der Waals surface area (Å²) >= 11 is 0. The van der Waals surface area contributed by atoms with E-state index in [0.29, 0.717) is 12.2 Å². The second-order valence-electron chi connectivity index (χ2n) is 5.00. The SMILES string of the molecule is Cc1ccc(NCCN2CCCC2)cc1C(F)(F)F. The second-order valence-corrected chi connectivity index (χ2v) is 5.00. The van der Waals surface area contributed by atoms with Crippen LogP contribution in [0.25, 0.3) is 0 Å². The number of likely N-dealkylation sites (tertiary alicyclic amines) is 1. The van der Waals surface area contributed by atoms with E-state index in [9.17, 15) is 13.2 Å². The molecule has 0 atom stereocenters. The van der Waals surface area contributed by atoms with Gasteiger partial charge in [0.25, 0.3) is 0 Å². The Hall–Kier alpha value is -1.23. The molecular formula is C14H19F3N2. The molecule has 0 bridgehead atoms. The van der Waals surface area contributed by atoms with Gasteiger partial charge in [-0.25, -0.2) is 0 Å². The summed E-state index contributed by atoms with van der Waals surface area (Å²) < 4.78 is 38.3. The largest absolute Gasteiger partial charge is 0.416 e. The number of aryl methyl sites for hydroxylation is 1. The van der Waals surface area contributed by atoms with Crippen molar-refractivity contribution in [2.45, 2.75) is 25.9 Å². The van der Waals surface area contributed by atoms with Gasteiger partial charge in [0.15, 0.2) is 0 Å². The number of alkyl halides is 3. The normalized spacial score (nSPS) is 16.8. The van der Waals surface area contributed by atoms with Gasteiger partial charge in [-0.05, 0) is 50.6 Å². The zero-order valence-electron chi connectivity index (χ0n) is 11.1. The van der Waals surface area contributed by atoms with Crippen molar-refractivity contribution in [3.05, 3.63) is 29.3 Å². The van der Waals surface area contributed by atoms with Gasteiger partial charge >= 0.3 is 6.18 Å². The summed E-state index contributed by atoms with van der Waals surface area (Å²) in [5.41, 5.74) is 0.244. The number of rotatable bonds is 4. The minimum atomic E-state index is -4.28. The highest BCUT2D eigenvalue weighted by Crippen LogP contribution is 2.33. The molecule has 1 aliphatic rings. The predicted molar refractivity (Wildman–Crippen MR) is 70.3 cm³/mol. The predicted octanol–water partition coefficient (Wildman–Crippen LogP) is 3.52. The van der Waals surface area contributed by atoms with E-state index in [1.54, 1.807) is 6.07 Å². The summed E-state index contributed by atoms with van der Waals surface area (Å²) in [4.78, 5) is 2.33. The van der Waals surface area contributed by atoms with E-state index in [4.69, 9.17) is 0 Å². The van der Waals surface area contributed by atoms with Crippen LogP contribution >= 0.6 is 0 Å². The van der Waals surface area contributed by atoms with E-state index < -0.39 is 11.7 Å². The minimum Gasteiger partial charge on any atom is -0.384 e. The molecule has 0 amide bonds. The van der Waals surface area contributed by atoms with Gasteiger partial charge in [-0.3, -0.25) is 0 Å². The molecule has 0 radical (unpaired) electrons. The van der Waals surface area contributed by atoms with E-state index in [-0.39, 0.29) is 5.56 Å². The van der Waals surface area contributed by atoms with Gasteiger partial charge in [-0.2, -0.15) is 13.2 Å². The van der Waals surface area contributed by atoms with Gasteiger partial charge in [0.1, 0.15) is 0 Å². The summed E-state index contributed by atoms with van der Waals surface area (Å²) in [5.74, 6) is 0. The molecule has 0 aromatic heterocycles. The summed E-state index contributed by atoms with van der Waals surface area (Å²) in [6.07, 6.45) is -1.83. The van der Waals surface area contributed by atoms with Crippen molar-refractivity contribution in [2.75, 3.05) is 31.5 Å². The number of nitrogens with one attached hydrogen (secondary N) is 1. The maximum atomic E-state index is 12.8. The third kappa shape index (κ3) is 3.86. The molecular weight excluding hydrogens is 253 g/mol. The average Bonchev–Trinajstić information content (AvgIpc) is 2.83. The Bertz CT molecular complexity index is 423. The quantitative estimate of drug-likeness (QED) is 0.902. The van der Waals surface area contributed by atoms with Crippen LogP contribution in [0.2, 0.25) is 0 Å². The first-order chi connectivity index (χ1) is 8.97. The molecule has 1 heterocycles. The molecule has 0 unspecified atom stereocenters. The first kappa shape index (κ1) is 14.2. The second kappa shape index (κ2) is 5.82. The zero-order chi connectivity index (χ0) is 13.9. The van der Waals surface area contributed by atoms with Crippen LogP contribution < -0.4 is 5.32 Å². The molecule has 2 nitrogen and oxygen atoms in total. The molecule has 1 N–H and O–H groups in total. The number of hydrogen-bond acceptors (Lipinski definition) is 2. The van der Waals surface area contributed by atoms with E-state index >= 15 is 0 Å². The van der Waals surface area contributed by atoms with Crippen LogP contribution in [0, 0.1) is 6.92 Å². The van der Waals surface area contributed by atoms with Crippen molar-refractivity contribution < 1.29 is 13.2 Å². The zero-order valence-corrected chi connectivity index (χ0v) is 11.1. The fourth-order valence-electron chi connectivity index (χ4n) is 2.40. The highest BCUT2D eigenvalue weighted by atomic mass is 19.4. The first-order valence-electron chi connectivity index (χ1n) is 6.61. The van der Waals surface area contributed by atoms with Crippen LogP contribution in [0.15, 0.2) is 18.2 Å². The summed E-state index contributed by atoms with van der Waals surface area (Å²) in [6.45, 7) is 5.25. The number of anilines is 1. The van der Waals surface area contributed by atoms with Crippen molar-refractivity contribution in [1.82, 2.24) is 4.90 Å². The number of halogens is 3. The number of benzene rings is 1. The Morgan fingerprint density at radius 3 is 2.53 bits per heavy atom. The fraction of sp³-hybridized carbons (Fsp3) is 0.571. The Morgan fingerprint density at radius 1 is 1.21 bits per heavy atom. The lowest BCUT2D eigenvalue weighted by atomic mass is 10.1. The first-order valence-corrected chi connectivity index (χ1v) is 6.61. The molecule has 1 saturated heterocycles. The maximum absolute atomic E-state index is 12.8. The van der Waals surface area contributed by atoms with E-state index in [0.717, 1.165) is 19.6 Å². The van der Waals surface area contributed by atoms with Crippen LogP contribution in [-0.2, 0) is 6.18 Å². The van der Waals surface area contributed by atoms with Crippen LogP contribution in [0.4, 0.5) is 18.9 Å². The Kier molecular flexibility index (Phi) is 4.34. The Morgan fingerprint density at radius 2 is 1.89 bits per heavy atom. The molecule has 0 spiro atoms. The molecule has 1 aromatic carbocycles. The van der Waals surface area contributed by atoms with Crippen LogP contribution in [0.1, 0.15) is 24.0 Å². The van der Waals surface area contributed by atoms with Crippen molar-refractivity contribution in [3.8, 4) is 0 Å². The van der Waals surface area contributed by atoms with Crippen LogP contribution in [0.5, 0.6) is 0 Å². The highest BCUT2D eigenvalue weighted by molar-refractivity contribution is 5.49. The number of nitrogens with zero attached hydrogens (tertiary/aromatic N) is 1. The third-order valence-electron chi connectivity index (χ3n) is 3.50. The van der Waals surface area contributed by atoms with Crippen LogP contribution in [0.3, 0.4) is 0 Å². The summed E-state index contributed by atoms with van der Waals surface area (Å²) in [6, 6.07) is 4.41. The maximum Gasteiger partial charge on any atom is 0.416 e. The van der Waals surface area contributed by atoms with E-state index in [2.05, 4.69) is 10.2 Å². The van der Waals surface area contributed by atoms with Gasteiger partial charge in [0.2, 0.25) is 0 Å². The minimum absolute atomic E-state index is 0.262. The molecule has 2 rings (SSSR count). The Labute approximate surface area is 111 Å². The summed E-state index contributed by atoms with van der Waals surface area (Å²) in [5, 5.41) is 3.07. The molecule has 5 heteroatoms. The molecule has 1 aromatic rings. The van der Waals surface area contributed by atoms with Crippen LogP contribution in [-0.4, -0.2) is 31.1 Å². The van der Waals surface area contributed by atoms with Gasteiger partial charge in [-0.15, -0.1) is 0 Å². The van der Waals surface area contributed by atoms with E-state index in [1.807, 2.05) is 0 Å². The number of hydrogen-bond donors (Lipinski definition) is 1. The topological polar surface area (TPSA) is 15.3 Å². The van der Waals surface area contributed by atoms with Crippen molar-refractivity contribution >= 4 is 5.69 Å². The van der Waals surface area contributed by atoms with Crippen molar-refractivity contribution in [1.29, 1.82) is 0 Å². The molecule has 106 valence electrons. The lowest BCUT2D eigenvalue weighted by Gasteiger charge is -2.17. The molecule has 1 aliphatic heterocycles. The van der Waals surface area contributed by atoms with Gasteiger partial charge in [0.05, 0.1) is 5.56 Å². The van der Waals surface area contributed by atoms with E-state index in [1.165, 1.54) is 31.9 Å². The summed E-state index contributed by atoms with van der Waals surface area (Å²) in [7, 11) is 0. The molecule has 0 aliphatic carbocycles. The van der Waals surface area contributed by atoms with Gasteiger partial charge in [-0.1, -0.05) is 6.07 Å². The molecule has 1 fully saturated rings. The lowest BCUT2D eigenvalue weighted by Crippen LogP contribution is -2.26. The lowest BCUT2D eigenvalue weighted by molar-refractivity contribution is -0.138.